The van der Waals surface area contributed by atoms with Crippen molar-refractivity contribution in [2.75, 3.05) is 21.7 Å². The topological polar surface area (TPSA) is 103 Å². The number of hydrogen-bond donors (Lipinski definition) is 2. The van der Waals surface area contributed by atoms with Gasteiger partial charge >= 0.3 is 0 Å². The van der Waals surface area contributed by atoms with E-state index in [-0.39, 0.29) is 42.1 Å². The molecular weight excluding hydrogens is 504 g/mol. The van der Waals surface area contributed by atoms with E-state index in [0.717, 1.165) is 5.56 Å². The molecule has 8 heteroatoms. The van der Waals surface area contributed by atoms with Crippen LogP contribution in [0.15, 0.2) is 78.9 Å². The Bertz CT molecular complexity index is 1500. The second kappa shape index (κ2) is 9.71. The molecule has 3 heterocycles. The van der Waals surface area contributed by atoms with Gasteiger partial charge in [-0.1, -0.05) is 67.9 Å². The Balaban J connectivity index is 1.40. The number of imide groups is 1. The second-order valence-corrected chi connectivity index (χ2v) is 11.5. The summed E-state index contributed by atoms with van der Waals surface area (Å²) in [6, 6.07) is 23.5. The molecule has 4 amide bonds. The van der Waals surface area contributed by atoms with Gasteiger partial charge in [-0.15, -0.1) is 0 Å². The lowest BCUT2D eigenvalue weighted by atomic mass is 9.76. The second-order valence-electron chi connectivity index (χ2n) is 11.5. The molecule has 8 nitrogen and oxygen atoms in total. The number of nitrogens with zero attached hydrogens (tertiary/aromatic N) is 2. The van der Waals surface area contributed by atoms with Gasteiger partial charge in [-0.3, -0.25) is 24.1 Å². The van der Waals surface area contributed by atoms with E-state index in [4.69, 9.17) is 0 Å². The summed E-state index contributed by atoms with van der Waals surface area (Å²) in [5.74, 6) is -2.55. The molecule has 3 aromatic carbocycles. The van der Waals surface area contributed by atoms with Crippen LogP contribution in [0.4, 0.5) is 17.1 Å². The molecule has 3 N–H and O–H groups in total. The average molecular weight is 538 g/mol. The van der Waals surface area contributed by atoms with Crippen molar-refractivity contribution >= 4 is 40.7 Å². The Morgan fingerprint density at radius 2 is 1.60 bits per heavy atom. The molecule has 0 unspecified atom stereocenters. The minimum atomic E-state index is -1.32. The van der Waals surface area contributed by atoms with Crippen molar-refractivity contribution in [1.82, 2.24) is 0 Å². The Morgan fingerprint density at radius 1 is 0.925 bits per heavy atom. The van der Waals surface area contributed by atoms with Crippen LogP contribution < -0.4 is 20.4 Å². The Kier molecular flexibility index (Phi) is 6.30. The van der Waals surface area contributed by atoms with Gasteiger partial charge in [0.1, 0.15) is 24.4 Å². The van der Waals surface area contributed by atoms with E-state index in [1.54, 1.807) is 24.3 Å². The van der Waals surface area contributed by atoms with Crippen molar-refractivity contribution < 1.29 is 24.5 Å². The summed E-state index contributed by atoms with van der Waals surface area (Å²) < 4.78 is 0. The molecule has 2 saturated heterocycles. The number of hydrogen-bond acceptors (Lipinski definition) is 4. The van der Waals surface area contributed by atoms with E-state index in [9.17, 15) is 19.2 Å². The number of quaternary nitrogens is 1. The lowest BCUT2D eigenvalue weighted by molar-refractivity contribution is -0.734. The SMILES string of the molecule is Cc1ccc(NC(=O)CN2C(=O)[C@]3([NH2+][C@@H](CC(C)C)[C@H]4C(=O)N(c5ccccc5)C(=O)[C@H]43)c3ccccc32)cc1. The summed E-state index contributed by atoms with van der Waals surface area (Å²) in [6.07, 6.45) is 0.675. The third-order valence-electron chi connectivity index (χ3n) is 8.41. The third kappa shape index (κ3) is 3.93. The van der Waals surface area contributed by atoms with E-state index in [1.807, 2.05) is 66.8 Å². The molecule has 3 aliphatic heterocycles. The predicted molar refractivity (Wildman–Crippen MR) is 151 cm³/mol. The molecule has 6 rings (SSSR count). The number of benzene rings is 3. The van der Waals surface area contributed by atoms with E-state index in [2.05, 4.69) is 19.2 Å². The number of nitrogens with one attached hydrogen (secondary N) is 1. The zero-order valence-corrected chi connectivity index (χ0v) is 22.8. The Hall–Kier alpha value is -4.30. The quantitative estimate of drug-likeness (QED) is 0.472. The Morgan fingerprint density at radius 3 is 2.30 bits per heavy atom. The van der Waals surface area contributed by atoms with Gasteiger partial charge in [0.05, 0.1) is 11.4 Å². The smallest absolute Gasteiger partial charge is 0.294 e. The highest BCUT2D eigenvalue weighted by atomic mass is 16.2. The summed E-state index contributed by atoms with van der Waals surface area (Å²) in [6.45, 7) is 5.93. The van der Waals surface area contributed by atoms with Crippen LogP contribution >= 0.6 is 0 Å². The molecular formula is C32H33N4O4+. The Labute approximate surface area is 233 Å². The zero-order valence-electron chi connectivity index (χ0n) is 22.8. The van der Waals surface area contributed by atoms with Crippen molar-refractivity contribution in [3.8, 4) is 0 Å². The number of carbonyl (C=O) groups is 4. The maximum absolute atomic E-state index is 14.5. The monoisotopic (exact) mass is 537 g/mol. The summed E-state index contributed by atoms with van der Waals surface area (Å²) in [5, 5.41) is 4.84. The van der Waals surface area contributed by atoms with Crippen LogP contribution in [0.5, 0.6) is 0 Å². The molecule has 0 aliphatic carbocycles. The third-order valence-corrected chi connectivity index (χ3v) is 8.41. The lowest BCUT2D eigenvalue weighted by Gasteiger charge is -2.27. The summed E-state index contributed by atoms with van der Waals surface area (Å²) >= 11 is 0. The first-order chi connectivity index (χ1) is 19.2. The molecule has 204 valence electrons. The molecule has 0 aromatic heterocycles. The number of anilines is 3. The minimum Gasteiger partial charge on any atom is -0.326 e. The van der Waals surface area contributed by atoms with E-state index < -0.39 is 17.4 Å². The van der Waals surface area contributed by atoms with Gasteiger partial charge in [0.15, 0.2) is 0 Å². The van der Waals surface area contributed by atoms with Gasteiger partial charge in [-0.25, -0.2) is 4.90 Å². The number of aryl methyl sites for hydroxylation is 1. The number of para-hydroxylation sites is 2. The number of amides is 4. The summed E-state index contributed by atoms with van der Waals surface area (Å²) in [4.78, 5) is 58.5. The number of rotatable bonds is 6. The molecule has 3 aliphatic rings. The standard InChI is InChI=1S/C32H32N4O4/c1-19(2)17-24-27-28(30(39)36(29(27)38)22-9-5-4-6-10-22)32(34-24)23-11-7-8-12-25(23)35(31(32)40)18-26(37)33-21-15-13-20(3)14-16-21/h4-16,19,24,27-28,34H,17-18H2,1-3H3,(H,33,37)/p+1/t24-,27+,28-,32-/m0/s1. The van der Waals surface area contributed by atoms with Crippen LogP contribution in [0.2, 0.25) is 0 Å². The van der Waals surface area contributed by atoms with Crippen molar-refractivity contribution in [3.05, 3.63) is 90.0 Å². The highest BCUT2D eigenvalue weighted by Gasteiger charge is 2.75. The molecule has 2 fully saturated rings. The first-order valence-electron chi connectivity index (χ1n) is 13.8. The highest BCUT2D eigenvalue weighted by Crippen LogP contribution is 2.52. The number of fused-ring (bicyclic) bond motifs is 4. The summed E-state index contributed by atoms with van der Waals surface area (Å²) in [5.41, 5.74) is 2.20. The first kappa shape index (κ1) is 26.0. The van der Waals surface area contributed by atoms with Crippen molar-refractivity contribution in [1.29, 1.82) is 0 Å². The van der Waals surface area contributed by atoms with Crippen LogP contribution in [0, 0.1) is 24.7 Å². The van der Waals surface area contributed by atoms with E-state index in [1.165, 1.54) is 9.80 Å². The maximum atomic E-state index is 14.5. The maximum Gasteiger partial charge on any atom is 0.294 e. The molecule has 3 aromatic rings. The van der Waals surface area contributed by atoms with Gasteiger partial charge in [0, 0.05) is 17.7 Å². The fraction of sp³-hybridized carbons (Fsp3) is 0.312. The minimum absolute atomic E-state index is 0.198. The van der Waals surface area contributed by atoms with Gasteiger partial charge in [0.25, 0.3) is 5.91 Å². The normalized spacial score (nSPS) is 25.2. The fourth-order valence-electron chi connectivity index (χ4n) is 6.84. The fourth-order valence-corrected chi connectivity index (χ4v) is 6.84. The van der Waals surface area contributed by atoms with Gasteiger partial charge in [-0.2, -0.15) is 0 Å². The van der Waals surface area contributed by atoms with Crippen molar-refractivity contribution in [2.24, 2.45) is 17.8 Å². The van der Waals surface area contributed by atoms with Crippen LogP contribution in [-0.2, 0) is 24.7 Å². The molecule has 4 atom stereocenters. The van der Waals surface area contributed by atoms with Gasteiger partial charge in [-0.05, 0) is 43.2 Å². The van der Waals surface area contributed by atoms with Crippen molar-refractivity contribution in [2.45, 2.75) is 38.8 Å². The van der Waals surface area contributed by atoms with E-state index in [0.29, 0.717) is 29.0 Å². The zero-order chi connectivity index (χ0) is 28.2. The largest absolute Gasteiger partial charge is 0.326 e. The van der Waals surface area contributed by atoms with Crippen molar-refractivity contribution in [3.63, 3.8) is 0 Å². The average Bonchev–Trinajstić information content (AvgIpc) is 3.49. The predicted octanol–water partition coefficient (Wildman–Crippen LogP) is 2.97. The highest BCUT2D eigenvalue weighted by molar-refractivity contribution is 6.25. The van der Waals surface area contributed by atoms with E-state index >= 15 is 0 Å². The van der Waals surface area contributed by atoms with Gasteiger partial charge < -0.3 is 10.6 Å². The van der Waals surface area contributed by atoms with Crippen LogP contribution in [-0.4, -0.2) is 36.2 Å². The molecule has 0 radical (unpaired) electrons. The summed E-state index contributed by atoms with van der Waals surface area (Å²) in [7, 11) is 0. The van der Waals surface area contributed by atoms with Crippen LogP contribution in [0.25, 0.3) is 0 Å². The molecule has 0 bridgehead atoms. The molecule has 0 saturated carbocycles. The van der Waals surface area contributed by atoms with Gasteiger partial charge in [0.2, 0.25) is 23.3 Å². The van der Waals surface area contributed by atoms with Crippen LogP contribution in [0.3, 0.4) is 0 Å². The number of nitrogens with two attached hydrogens (primary N) is 1. The lowest BCUT2D eigenvalue weighted by Crippen LogP contribution is -2.99. The first-order valence-corrected chi connectivity index (χ1v) is 13.8. The van der Waals surface area contributed by atoms with Crippen LogP contribution in [0.1, 0.15) is 31.4 Å². The number of carbonyl (C=O) groups excluding carboxylic acids is 4. The molecule has 40 heavy (non-hydrogen) atoms. The molecule has 1 spiro atoms.